The highest BCUT2D eigenvalue weighted by molar-refractivity contribution is 7.92. The van der Waals surface area contributed by atoms with Gasteiger partial charge in [-0.3, -0.25) is 14.1 Å². The molecule has 0 saturated heterocycles. The minimum atomic E-state index is -4.35. The highest BCUT2D eigenvalue weighted by atomic mass is 32.2. The second kappa shape index (κ2) is 9.21. The second-order valence-corrected chi connectivity index (χ2v) is 10.2. The Hall–Kier alpha value is -4.31. The van der Waals surface area contributed by atoms with Crippen LogP contribution in [0.15, 0.2) is 69.0 Å². The number of anilines is 1. The molecule has 0 radical (unpaired) electrons. The minimum absolute atomic E-state index is 0.00192. The molecule has 8 nitrogen and oxygen atoms in total. The molecule has 0 amide bonds. The first kappa shape index (κ1) is 25.3. The average Bonchev–Trinajstić information content (AvgIpc) is 3.50. The van der Waals surface area contributed by atoms with Crippen LogP contribution in [0.4, 0.5) is 23.4 Å². The van der Waals surface area contributed by atoms with Gasteiger partial charge in [0.15, 0.2) is 5.82 Å². The minimum Gasteiger partial charge on any atom is -0.495 e. The van der Waals surface area contributed by atoms with E-state index in [9.17, 15) is 30.8 Å². The number of pyridine rings is 1. The number of rotatable bonds is 5. The maximum Gasteiger partial charge on any atom is 0.393 e. The molecule has 1 unspecified atom stereocenters. The second-order valence-electron chi connectivity index (χ2n) is 8.48. The SMILES string of the molecule is COc1cc(C#C[C@H]2CC2C(F)(F)F)c(F)cc1-n1c(=O)ccc2cc(S(=O)(=O)Nc3ccon3)ccc21. The van der Waals surface area contributed by atoms with Crippen molar-refractivity contribution in [2.45, 2.75) is 17.5 Å². The van der Waals surface area contributed by atoms with E-state index in [2.05, 4.69) is 26.2 Å². The molecule has 0 spiro atoms. The normalized spacial score (nSPS) is 17.1. The van der Waals surface area contributed by atoms with Crippen molar-refractivity contribution in [3.8, 4) is 23.3 Å². The predicted octanol–water partition coefficient (Wildman–Crippen LogP) is 4.48. The van der Waals surface area contributed by atoms with E-state index in [0.717, 1.165) is 10.6 Å². The van der Waals surface area contributed by atoms with E-state index in [1.807, 2.05) is 0 Å². The molecule has 1 fully saturated rings. The molecule has 1 saturated carbocycles. The van der Waals surface area contributed by atoms with Gasteiger partial charge in [0.05, 0.1) is 34.7 Å². The number of hydrogen-bond donors (Lipinski definition) is 1. The van der Waals surface area contributed by atoms with Crippen LogP contribution in [0.1, 0.15) is 12.0 Å². The summed E-state index contributed by atoms with van der Waals surface area (Å²) in [5.74, 6) is 1.64. The first-order valence-electron chi connectivity index (χ1n) is 11.0. The van der Waals surface area contributed by atoms with Crippen molar-refractivity contribution in [1.82, 2.24) is 9.72 Å². The quantitative estimate of drug-likeness (QED) is 0.292. The third-order valence-corrected chi connectivity index (χ3v) is 7.32. The summed E-state index contributed by atoms with van der Waals surface area (Å²) in [6, 6.07) is 10.1. The number of sulfonamides is 1. The van der Waals surface area contributed by atoms with Gasteiger partial charge in [-0.2, -0.15) is 13.2 Å². The van der Waals surface area contributed by atoms with Crippen molar-refractivity contribution in [3.05, 3.63) is 76.5 Å². The van der Waals surface area contributed by atoms with Gasteiger partial charge in [-0.15, -0.1) is 0 Å². The molecular weight excluding hydrogens is 530 g/mol. The molecule has 2 atom stereocenters. The number of fused-ring (bicyclic) bond motifs is 1. The fraction of sp³-hybridized carbons (Fsp3) is 0.200. The van der Waals surface area contributed by atoms with Crippen molar-refractivity contribution in [2.75, 3.05) is 11.8 Å². The van der Waals surface area contributed by atoms with E-state index in [0.29, 0.717) is 5.39 Å². The number of aromatic nitrogens is 2. The number of halogens is 4. The number of nitrogens with zero attached hydrogens (tertiary/aromatic N) is 2. The van der Waals surface area contributed by atoms with Crippen LogP contribution in [0.25, 0.3) is 16.6 Å². The van der Waals surface area contributed by atoms with Crippen LogP contribution in [0.2, 0.25) is 0 Å². The maximum atomic E-state index is 15.0. The number of benzene rings is 2. The van der Waals surface area contributed by atoms with Gasteiger partial charge in [-0.05, 0) is 30.7 Å². The molecule has 0 aliphatic heterocycles. The first-order chi connectivity index (χ1) is 18.0. The molecular formula is C25H17F4N3O5S. The Labute approximate surface area is 212 Å². The van der Waals surface area contributed by atoms with Crippen molar-refractivity contribution in [1.29, 1.82) is 0 Å². The van der Waals surface area contributed by atoms with Crippen molar-refractivity contribution >= 4 is 26.7 Å². The lowest BCUT2D eigenvalue weighted by Crippen LogP contribution is -2.19. The summed E-state index contributed by atoms with van der Waals surface area (Å²) in [5.41, 5.74) is -0.488. The van der Waals surface area contributed by atoms with Crippen LogP contribution >= 0.6 is 0 Å². The highest BCUT2D eigenvalue weighted by Gasteiger charge is 2.55. The summed E-state index contributed by atoms with van der Waals surface area (Å²) in [6.45, 7) is 0. The summed E-state index contributed by atoms with van der Waals surface area (Å²) >= 11 is 0. The van der Waals surface area contributed by atoms with Gasteiger partial charge < -0.3 is 9.26 Å². The molecule has 4 aromatic rings. The lowest BCUT2D eigenvalue weighted by molar-refractivity contribution is -0.149. The maximum absolute atomic E-state index is 15.0. The molecule has 0 bridgehead atoms. The van der Waals surface area contributed by atoms with Crippen molar-refractivity contribution in [2.24, 2.45) is 11.8 Å². The molecule has 1 N–H and O–H groups in total. The first-order valence-corrected chi connectivity index (χ1v) is 12.5. The van der Waals surface area contributed by atoms with E-state index in [4.69, 9.17) is 4.74 Å². The van der Waals surface area contributed by atoms with Gasteiger partial charge in [-0.25, -0.2) is 12.8 Å². The lowest BCUT2D eigenvalue weighted by atomic mass is 10.1. The monoisotopic (exact) mass is 547 g/mol. The Morgan fingerprint density at radius 3 is 2.61 bits per heavy atom. The topological polar surface area (TPSA) is 103 Å². The number of alkyl halides is 3. The van der Waals surface area contributed by atoms with Crippen molar-refractivity contribution in [3.63, 3.8) is 0 Å². The highest BCUT2D eigenvalue weighted by Crippen LogP contribution is 2.49. The summed E-state index contributed by atoms with van der Waals surface area (Å²) in [5, 5.41) is 3.85. The van der Waals surface area contributed by atoms with Crippen LogP contribution in [0.3, 0.4) is 0 Å². The number of nitrogens with one attached hydrogen (secondary N) is 1. The zero-order valence-electron chi connectivity index (χ0n) is 19.4. The molecule has 2 heterocycles. The fourth-order valence-electron chi connectivity index (χ4n) is 3.97. The molecule has 196 valence electrons. The molecule has 1 aliphatic carbocycles. The van der Waals surface area contributed by atoms with E-state index < -0.39 is 39.4 Å². The Morgan fingerprint density at radius 1 is 1.16 bits per heavy atom. The molecule has 2 aromatic carbocycles. The van der Waals surface area contributed by atoms with Crippen molar-refractivity contribution < 1.29 is 35.2 Å². The Morgan fingerprint density at radius 2 is 1.95 bits per heavy atom. The molecule has 2 aromatic heterocycles. The van der Waals surface area contributed by atoms with E-state index in [-0.39, 0.29) is 39.7 Å². The zero-order chi connectivity index (χ0) is 27.2. The zero-order valence-corrected chi connectivity index (χ0v) is 20.2. The summed E-state index contributed by atoms with van der Waals surface area (Å²) in [7, 11) is -2.76. The fourth-order valence-corrected chi connectivity index (χ4v) is 4.99. The van der Waals surface area contributed by atoms with Gasteiger partial charge in [-0.1, -0.05) is 17.0 Å². The van der Waals surface area contributed by atoms with Gasteiger partial charge in [0.2, 0.25) is 0 Å². The van der Waals surface area contributed by atoms with Gasteiger partial charge in [0.25, 0.3) is 15.6 Å². The Kier molecular flexibility index (Phi) is 6.15. The van der Waals surface area contributed by atoms with Gasteiger partial charge in [0, 0.05) is 35.6 Å². The molecule has 38 heavy (non-hydrogen) atoms. The molecule has 5 rings (SSSR count). The Balaban J connectivity index is 1.54. The van der Waals surface area contributed by atoms with E-state index in [1.165, 1.54) is 55.8 Å². The largest absolute Gasteiger partial charge is 0.495 e. The molecule has 13 heteroatoms. The third kappa shape index (κ3) is 4.82. The van der Waals surface area contributed by atoms with Crippen LogP contribution < -0.4 is 15.0 Å². The average molecular weight is 547 g/mol. The standard InChI is InChI=1S/C25H17F4N3O5S/c1-36-22-12-15(3-2-14-11-18(14)25(27,28)29)19(26)13-21(22)32-20-6-5-17(10-16(20)4-7-24(32)33)38(34,35)31-23-8-9-37-30-23/h4-10,12-14,18H,11H2,1H3,(H,30,31)/t14-,18?/m0/s1. The lowest BCUT2D eigenvalue weighted by Gasteiger charge is -2.15. The number of methoxy groups -OCH3 is 1. The summed E-state index contributed by atoms with van der Waals surface area (Å²) in [4.78, 5) is 12.7. The summed E-state index contributed by atoms with van der Waals surface area (Å²) < 4.78 is 92.1. The molecule has 1 aliphatic rings. The van der Waals surface area contributed by atoms with Crippen LogP contribution in [0.5, 0.6) is 5.75 Å². The number of ether oxygens (including phenoxy) is 1. The van der Waals surface area contributed by atoms with Gasteiger partial charge in [0.1, 0.15) is 17.8 Å². The van der Waals surface area contributed by atoms with E-state index in [1.54, 1.807) is 0 Å². The third-order valence-electron chi connectivity index (χ3n) is 5.97. The van der Waals surface area contributed by atoms with E-state index >= 15 is 0 Å². The van der Waals surface area contributed by atoms with Crippen LogP contribution in [0, 0.1) is 29.5 Å². The smallest absolute Gasteiger partial charge is 0.393 e. The van der Waals surface area contributed by atoms with Gasteiger partial charge >= 0.3 is 6.18 Å². The predicted molar refractivity (Wildman–Crippen MR) is 128 cm³/mol. The summed E-state index contributed by atoms with van der Waals surface area (Å²) in [6.07, 6.45) is -3.28. The number of hydrogen-bond acceptors (Lipinski definition) is 6. The van der Waals surface area contributed by atoms with Crippen LogP contribution in [-0.2, 0) is 10.0 Å². The van der Waals surface area contributed by atoms with Crippen LogP contribution in [-0.4, -0.2) is 31.4 Å². The Bertz CT molecular complexity index is 1770.